The summed E-state index contributed by atoms with van der Waals surface area (Å²) >= 11 is 0. The summed E-state index contributed by atoms with van der Waals surface area (Å²) in [5.41, 5.74) is 6.84. The van der Waals surface area contributed by atoms with Crippen molar-refractivity contribution in [3.63, 3.8) is 0 Å². The van der Waals surface area contributed by atoms with Crippen LogP contribution in [0.25, 0.3) is 0 Å². The molecule has 2 nitrogen and oxygen atoms in total. The maximum absolute atomic E-state index is 13.5. The second-order valence-corrected chi connectivity index (χ2v) is 3.87. The lowest BCUT2D eigenvalue weighted by Crippen LogP contribution is -2.38. The number of nitrogens with two attached hydrogens (primary N) is 1. The molecule has 1 aromatic rings. The predicted molar refractivity (Wildman–Crippen MR) is 56.9 cm³/mol. The highest BCUT2D eigenvalue weighted by Gasteiger charge is 2.25. The van der Waals surface area contributed by atoms with Gasteiger partial charge >= 0.3 is 0 Å². The monoisotopic (exact) mass is 194 g/mol. The van der Waals surface area contributed by atoms with Crippen LogP contribution in [0.5, 0.6) is 0 Å². The number of benzene rings is 1. The first kappa shape index (κ1) is 9.31. The van der Waals surface area contributed by atoms with Crippen molar-refractivity contribution in [2.24, 2.45) is 0 Å². The number of rotatable bonds is 2. The molecule has 0 heterocycles. The highest BCUT2D eigenvalue weighted by Crippen LogP contribution is 2.33. The molecule has 1 saturated carbocycles. The first-order valence-corrected chi connectivity index (χ1v) is 4.97. The van der Waals surface area contributed by atoms with Crippen molar-refractivity contribution in [1.82, 2.24) is 0 Å². The molecule has 0 unspecified atom stereocenters. The van der Waals surface area contributed by atoms with Gasteiger partial charge < -0.3 is 10.6 Å². The maximum Gasteiger partial charge on any atom is 0.148 e. The number of hydrogen-bond acceptors (Lipinski definition) is 2. The van der Waals surface area contributed by atoms with Crippen LogP contribution in [0, 0.1) is 5.82 Å². The van der Waals surface area contributed by atoms with Gasteiger partial charge in [-0.15, -0.1) is 0 Å². The zero-order valence-electron chi connectivity index (χ0n) is 8.33. The lowest BCUT2D eigenvalue weighted by Gasteiger charge is -2.37. The van der Waals surface area contributed by atoms with Crippen LogP contribution in [0.4, 0.5) is 15.8 Å². The summed E-state index contributed by atoms with van der Waals surface area (Å²) in [5.74, 6) is -0.223. The van der Waals surface area contributed by atoms with Crippen LogP contribution in [0.1, 0.15) is 19.3 Å². The van der Waals surface area contributed by atoms with Gasteiger partial charge in [-0.05, 0) is 31.4 Å². The van der Waals surface area contributed by atoms with Gasteiger partial charge in [0, 0.05) is 13.1 Å². The average molecular weight is 194 g/mol. The maximum atomic E-state index is 13.5. The first-order valence-electron chi connectivity index (χ1n) is 4.97. The van der Waals surface area contributed by atoms with Gasteiger partial charge in [-0.3, -0.25) is 0 Å². The Morgan fingerprint density at radius 2 is 2.14 bits per heavy atom. The third kappa shape index (κ3) is 1.43. The third-order valence-corrected chi connectivity index (χ3v) is 2.99. The molecule has 0 bridgehead atoms. The molecule has 14 heavy (non-hydrogen) atoms. The van der Waals surface area contributed by atoms with Crippen LogP contribution in [-0.2, 0) is 0 Å². The molecule has 1 aromatic carbocycles. The normalized spacial score (nSPS) is 16.4. The minimum absolute atomic E-state index is 0.223. The Morgan fingerprint density at radius 1 is 1.43 bits per heavy atom. The Labute approximate surface area is 83.5 Å². The van der Waals surface area contributed by atoms with Gasteiger partial charge in [0.15, 0.2) is 0 Å². The molecule has 0 amide bonds. The second-order valence-electron chi connectivity index (χ2n) is 3.87. The summed E-state index contributed by atoms with van der Waals surface area (Å²) in [4.78, 5) is 1.97. The Morgan fingerprint density at radius 3 is 2.64 bits per heavy atom. The van der Waals surface area contributed by atoms with Gasteiger partial charge in [-0.2, -0.15) is 0 Å². The topological polar surface area (TPSA) is 29.3 Å². The molecular weight excluding hydrogens is 179 g/mol. The van der Waals surface area contributed by atoms with Crippen molar-refractivity contribution in [3.8, 4) is 0 Å². The minimum atomic E-state index is -0.223. The second kappa shape index (κ2) is 3.48. The van der Waals surface area contributed by atoms with E-state index in [9.17, 15) is 4.39 Å². The summed E-state index contributed by atoms with van der Waals surface area (Å²) in [6.45, 7) is 0. The van der Waals surface area contributed by atoms with Gasteiger partial charge in [0.1, 0.15) is 5.82 Å². The molecule has 0 saturated heterocycles. The van der Waals surface area contributed by atoms with Gasteiger partial charge in [-0.25, -0.2) is 4.39 Å². The molecular formula is C11H15FN2. The molecule has 2 N–H and O–H groups in total. The van der Waals surface area contributed by atoms with E-state index in [0.29, 0.717) is 17.4 Å². The van der Waals surface area contributed by atoms with E-state index in [1.54, 1.807) is 12.1 Å². The number of nitrogens with zero attached hydrogens (tertiary/aromatic N) is 1. The van der Waals surface area contributed by atoms with Crippen LogP contribution in [0.2, 0.25) is 0 Å². The van der Waals surface area contributed by atoms with Crippen LogP contribution in [0.15, 0.2) is 18.2 Å². The van der Waals surface area contributed by atoms with E-state index in [0.717, 1.165) is 12.8 Å². The largest absolute Gasteiger partial charge is 0.397 e. The van der Waals surface area contributed by atoms with Crippen molar-refractivity contribution in [3.05, 3.63) is 24.0 Å². The highest BCUT2D eigenvalue weighted by atomic mass is 19.1. The van der Waals surface area contributed by atoms with Crippen molar-refractivity contribution in [2.45, 2.75) is 25.3 Å². The van der Waals surface area contributed by atoms with Gasteiger partial charge in [0.05, 0.1) is 11.4 Å². The fraction of sp³-hybridized carbons (Fsp3) is 0.455. The summed E-state index contributed by atoms with van der Waals surface area (Å²) in [7, 11) is 1.92. The van der Waals surface area contributed by atoms with E-state index in [1.165, 1.54) is 12.5 Å². The Balaban J connectivity index is 2.29. The smallest absolute Gasteiger partial charge is 0.148 e. The molecule has 0 aromatic heterocycles. The molecule has 0 spiro atoms. The van der Waals surface area contributed by atoms with Gasteiger partial charge in [0.2, 0.25) is 0 Å². The quantitative estimate of drug-likeness (QED) is 0.732. The van der Waals surface area contributed by atoms with E-state index in [-0.39, 0.29) is 5.82 Å². The van der Waals surface area contributed by atoms with Gasteiger partial charge in [-0.1, -0.05) is 6.07 Å². The fourth-order valence-corrected chi connectivity index (χ4v) is 1.86. The van der Waals surface area contributed by atoms with E-state index >= 15 is 0 Å². The van der Waals surface area contributed by atoms with Crippen molar-refractivity contribution in [1.29, 1.82) is 0 Å². The summed E-state index contributed by atoms with van der Waals surface area (Å²) in [5, 5.41) is 0. The zero-order valence-corrected chi connectivity index (χ0v) is 8.33. The van der Waals surface area contributed by atoms with E-state index < -0.39 is 0 Å². The minimum Gasteiger partial charge on any atom is -0.397 e. The van der Waals surface area contributed by atoms with Crippen LogP contribution in [0.3, 0.4) is 0 Å². The lowest BCUT2D eigenvalue weighted by atomic mass is 9.91. The molecule has 0 aliphatic heterocycles. The van der Waals surface area contributed by atoms with Crippen molar-refractivity contribution >= 4 is 11.4 Å². The molecule has 3 heteroatoms. The molecule has 0 radical (unpaired) electrons. The fourth-order valence-electron chi connectivity index (χ4n) is 1.86. The molecule has 76 valence electrons. The average Bonchev–Trinajstić information content (AvgIpc) is 2.00. The molecule has 1 aliphatic rings. The number of nitrogen functional groups attached to an aromatic ring is 1. The summed E-state index contributed by atoms with van der Waals surface area (Å²) in [6, 6.07) is 5.31. The Hall–Kier alpha value is -1.25. The third-order valence-electron chi connectivity index (χ3n) is 2.99. The Kier molecular flexibility index (Phi) is 2.32. The molecule has 1 fully saturated rings. The molecule has 1 aliphatic carbocycles. The van der Waals surface area contributed by atoms with Crippen molar-refractivity contribution < 1.29 is 4.39 Å². The Bertz CT molecular complexity index is 314. The standard InChI is InChI=1S/C11H15FN2/c1-14(8-4-2-5-8)11-9(12)6-3-7-10(11)13/h3,6-8H,2,4-5,13H2,1H3. The number of hydrogen-bond donors (Lipinski definition) is 1. The van der Waals surface area contributed by atoms with Crippen LogP contribution in [-0.4, -0.2) is 13.1 Å². The lowest BCUT2D eigenvalue weighted by molar-refractivity contribution is 0.398. The predicted octanol–water partition coefficient (Wildman–Crippen LogP) is 2.40. The van der Waals surface area contributed by atoms with Crippen molar-refractivity contribution in [2.75, 3.05) is 17.7 Å². The first-order chi connectivity index (χ1) is 6.70. The van der Waals surface area contributed by atoms with E-state index in [4.69, 9.17) is 5.73 Å². The van der Waals surface area contributed by atoms with E-state index in [1.807, 2.05) is 11.9 Å². The number of para-hydroxylation sites is 1. The van der Waals surface area contributed by atoms with Gasteiger partial charge in [0.25, 0.3) is 0 Å². The van der Waals surface area contributed by atoms with Crippen LogP contribution < -0.4 is 10.6 Å². The number of anilines is 2. The highest BCUT2D eigenvalue weighted by molar-refractivity contribution is 5.68. The summed E-state index contributed by atoms with van der Waals surface area (Å²) in [6.07, 6.45) is 3.53. The SMILES string of the molecule is CN(c1c(N)cccc1F)C1CCC1. The van der Waals surface area contributed by atoms with Crippen LogP contribution >= 0.6 is 0 Å². The molecule has 0 atom stereocenters. The van der Waals surface area contributed by atoms with E-state index in [2.05, 4.69) is 0 Å². The zero-order chi connectivity index (χ0) is 10.1. The molecule has 2 rings (SSSR count). The number of halogens is 1. The summed E-state index contributed by atoms with van der Waals surface area (Å²) < 4.78 is 13.5.